The number of hydrogen-bond acceptors (Lipinski definition) is 6. The SMILES string of the molecule is CCC[C@H](C)Oc1cc(-n2nc(CC)n(C)c2=O)c(F)cc1C(=O)Nc1c(C)cc(C)cc1[N+](=O)[O-]. The van der Waals surface area contributed by atoms with Gasteiger partial charge in [-0.05, 0) is 44.4 Å². The number of carbonyl (C=O) groups is 1. The highest BCUT2D eigenvalue weighted by molar-refractivity contribution is 6.08. The van der Waals surface area contributed by atoms with E-state index in [1.54, 1.807) is 27.0 Å². The lowest BCUT2D eigenvalue weighted by Crippen LogP contribution is -2.24. The number of nitro benzene ring substituents is 1. The molecule has 0 bridgehead atoms. The molecule has 3 rings (SSSR count). The molecular formula is C25H30FN5O5. The molecule has 10 nitrogen and oxygen atoms in total. The molecule has 1 amide bonds. The standard InChI is InChI=1S/C25H30FN5O5/c1-7-9-16(5)36-21-13-19(30-25(33)29(6)22(8-2)28-30)18(26)12-17(21)24(32)27-23-15(4)10-14(3)11-20(23)31(34)35/h10-13,16H,7-9H2,1-6H3,(H,27,32)/t16-/m0/s1. The Balaban J connectivity index is 2.13. The van der Waals surface area contributed by atoms with Crippen LogP contribution in [-0.2, 0) is 13.5 Å². The molecule has 0 unspecified atom stereocenters. The van der Waals surface area contributed by atoms with Gasteiger partial charge >= 0.3 is 5.69 Å². The fraction of sp³-hybridized carbons (Fsp3) is 0.400. The number of benzene rings is 2. The largest absolute Gasteiger partial charge is 0.490 e. The maximum Gasteiger partial charge on any atom is 0.350 e. The summed E-state index contributed by atoms with van der Waals surface area (Å²) in [6.45, 7) is 8.96. The summed E-state index contributed by atoms with van der Waals surface area (Å²) < 4.78 is 23.5. The molecule has 1 N–H and O–H groups in total. The van der Waals surface area contributed by atoms with Crippen molar-refractivity contribution in [1.82, 2.24) is 14.3 Å². The van der Waals surface area contributed by atoms with Crippen LogP contribution in [0.4, 0.5) is 15.8 Å². The summed E-state index contributed by atoms with van der Waals surface area (Å²) in [7, 11) is 1.54. The third kappa shape index (κ3) is 5.29. The molecule has 0 aliphatic rings. The van der Waals surface area contributed by atoms with Gasteiger partial charge in [0.1, 0.15) is 28.8 Å². The Labute approximate surface area is 207 Å². The molecule has 0 radical (unpaired) electrons. The molecule has 1 atom stereocenters. The molecule has 0 fully saturated rings. The van der Waals surface area contributed by atoms with E-state index in [2.05, 4.69) is 10.4 Å². The lowest BCUT2D eigenvalue weighted by Gasteiger charge is -2.18. The van der Waals surface area contributed by atoms with Gasteiger partial charge in [0.2, 0.25) is 0 Å². The quantitative estimate of drug-likeness (QED) is 0.339. The average Bonchev–Trinajstić information content (AvgIpc) is 3.09. The Morgan fingerprint density at radius 3 is 2.53 bits per heavy atom. The Kier molecular flexibility index (Phi) is 7.91. The van der Waals surface area contributed by atoms with E-state index in [0.717, 1.165) is 17.2 Å². The van der Waals surface area contributed by atoms with Crippen molar-refractivity contribution in [3.8, 4) is 11.4 Å². The number of amides is 1. The zero-order chi connectivity index (χ0) is 26.7. The Hall–Kier alpha value is -4.02. The number of hydrogen-bond donors (Lipinski definition) is 1. The number of aromatic nitrogens is 3. The lowest BCUT2D eigenvalue weighted by molar-refractivity contribution is -0.384. The highest BCUT2D eigenvalue weighted by Crippen LogP contribution is 2.32. The van der Waals surface area contributed by atoms with Crippen LogP contribution in [0.3, 0.4) is 0 Å². The minimum absolute atomic E-state index is 0.0150. The van der Waals surface area contributed by atoms with Gasteiger partial charge < -0.3 is 10.1 Å². The normalized spacial score (nSPS) is 11.9. The van der Waals surface area contributed by atoms with E-state index >= 15 is 4.39 Å². The molecule has 3 aromatic rings. The van der Waals surface area contributed by atoms with Crippen molar-refractivity contribution in [1.29, 1.82) is 0 Å². The summed E-state index contributed by atoms with van der Waals surface area (Å²) in [6, 6.07) is 5.28. The smallest absolute Gasteiger partial charge is 0.350 e. The molecule has 0 saturated heterocycles. The summed E-state index contributed by atoms with van der Waals surface area (Å²) in [6.07, 6.45) is 1.62. The van der Waals surface area contributed by atoms with Gasteiger partial charge in [-0.3, -0.25) is 19.5 Å². The van der Waals surface area contributed by atoms with Gasteiger partial charge in [-0.2, -0.15) is 4.68 Å². The minimum Gasteiger partial charge on any atom is -0.490 e. The van der Waals surface area contributed by atoms with Crippen molar-refractivity contribution in [3.05, 3.63) is 73.2 Å². The maximum atomic E-state index is 15.3. The van der Waals surface area contributed by atoms with Crippen LogP contribution in [-0.4, -0.2) is 31.3 Å². The fourth-order valence-corrected chi connectivity index (χ4v) is 4.04. The summed E-state index contributed by atoms with van der Waals surface area (Å²) in [4.78, 5) is 37.0. The van der Waals surface area contributed by atoms with Gasteiger partial charge in [0.15, 0.2) is 0 Å². The van der Waals surface area contributed by atoms with E-state index < -0.39 is 22.3 Å². The minimum atomic E-state index is -0.867. The van der Waals surface area contributed by atoms with Gasteiger partial charge in [-0.25, -0.2) is 9.18 Å². The van der Waals surface area contributed by atoms with Gasteiger partial charge in [-0.1, -0.05) is 26.3 Å². The van der Waals surface area contributed by atoms with Crippen molar-refractivity contribution in [3.63, 3.8) is 0 Å². The van der Waals surface area contributed by atoms with Gasteiger partial charge in [0, 0.05) is 25.6 Å². The number of rotatable bonds is 9. The number of ether oxygens (including phenoxy) is 1. The highest BCUT2D eigenvalue weighted by Gasteiger charge is 2.25. The number of nitrogens with zero attached hydrogens (tertiary/aromatic N) is 4. The molecule has 0 aliphatic carbocycles. The predicted octanol–water partition coefficient (Wildman–Crippen LogP) is 4.62. The molecule has 0 aliphatic heterocycles. The summed E-state index contributed by atoms with van der Waals surface area (Å²) >= 11 is 0. The van der Waals surface area contributed by atoms with E-state index in [-0.39, 0.29) is 34.5 Å². The fourth-order valence-electron chi connectivity index (χ4n) is 4.04. The number of anilines is 1. The van der Waals surface area contributed by atoms with E-state index in [4.69, 9.17) is 4.74 Å². The first-order chi connectivity index (χ1) is 17.0. The number of aryl methyl sites for hydroxylation is 3. The van der Waals surface area contributed by atoms with Crippen LogP contribution in [0, 0.1) is 29.8 Å². The van der Waals surface area contributed by atoms with Crippen molar-refractivity contribution in [2.24, 2.45) is 7.05 Å². The molecule has 192 valence electrons. The van der Waals surface area contributed by atoms with Crippen LogP contribution in [0.1, 0.15) is 60.9 Å². The molecule has 0 saturated carbocycles. The summed E-state index contributed by atoms with van der Waals surface area (Å²) in [5, 5.41) is 18.4. The van der Waals surface area contributed by atoms with E-state index in [0.29, 0.717) is 29.8 Å². The molecule has 1 aromatic heterocycles. The van der Waals surface area contributed by atoms with Gasteiger partial charge in [-0.15, -0.1) is 5.10 Å². The summed E-state index contributed by atoms with van der Waals surface area (Å²) in [5.41, 5.74) is 0.0315. The van der Waals surface area contributed by atoms with Crippen molar-refractivity contribution >= 4 is 17.3 Å². The molecule has 0 spiro atoms. The number of nitro groups is 1. The molecule has 1 heterocycles. The van der Waals surface area contributed by atoms with Crippen molar-refractivity contribution in [2.45, 2.75) is 60.0 Å². The molecule has 2 aromatic carbocycles. The maximum absolute atomic E-state index is 15.3. The first kappa shape index (κ1) is 26.6. The zero-order valence-electron chi connectivity index (χ0n) is 21.2. The highest BCUT2D eigenvalue weighted by atomic mass is 19.1. The van der Waals surface area contributed by atoms with Gasteiger partial charge in [0.25, 0.3) is 11.6 Å². The van der Waals surface area contributed by atoms with Crippen LogP contribution in [0.2, 0.25) is 0 Å². The van der Waals surface area contributed by atoms with Gasteiger partial charge in [0.05, 0.1) is 16.6 Å². The van der Waals surface area contributed by atoms with Crippen LogP contribution in [0.15, 0.2) is 29.1 Å². The monoisotopic (exact) mass is 499 g/mol. The first-order valence-electron chi connectivity index (χ1n) is 11.7. The van der Waals surface area contributed by atoms with E-state index in [1.807, 2.05) is 20.8 Å². The second kappa shape index (κ2) is 10.7. The first-order valence-corrected chi connectivity index (χ1v) is 11.7. The molecular weight excluding hydrogens is 469 g/mol. The number of nitrogens with one attached hydrogen (secondary N) is 1. The Morgan fingerprint density at radius 1 is 1.25 bits per heavy atom. The Bertz CT molecular complexity index is 1380. The second-order valence-corrected chi connectivity index (χ2v) is 8.73. The molecule has 11 heteroatoms. The predicted molar refractivity (Wildman–Crippen MR) is 134 cm³/mol. The topological polar surface area (TPSA) is 121 Å². The van der Waals surface area contributed by atoms with Crippen LogP contribution in [0.5, 0.6) is 5.75 Å². The second-order valence-electron chi connectivity index (χ2n) is 8.73. The van der Waals surface area contributed by atoms with Crippen LogP contribution in [0.25, 0.3) is 5.69 Å². The van der Waals surface area contributed by atoms with Crippen LogP contribution < -0.4 is 15.7 Å². The summed E-state index contributed by atoms with van der Waals surface area (Å²) in [5.74, 6) is -1.15. The third-order valence-electron chi connectivity index (χ3n) is 5.83. The zero-order valence-corrected chi connectivity index (χ0v) is 21.2. The number of carbonyl (C=O) groups excluding carboxylic acids is 1. The van der Waals surface area contributed by atoms with Crippen LogP contribution >= 0.6 is 0 Å². The van der Waals surface area contributed by atoms with Crippen molar-refractivity contribution in [2.75, 3.05) is 5.32 Å². The third-order valence-corrected chi connectivity index (χ3v) is 5.83. The van der Waals surface area contributed by atoms with Crippen molar-refractivity contribution < 1.29 is 18.8 Å². The van der Waals surface area contributed by atoms with E-state index in [1.165, 1.54) is 16.7 Å². The molecule has 36 heavy (non-hydrogen) atoms. The lowest BCUT2D eigenvalue weighted by atomic mass is 10.1. The number of halogens is 1. The Morgan fingerprint density at radius 2 is 1.94 bits per heavy atom. The average molecular weight is 500 g/mol. The van der Waals surface area contributed by atoms with E-state index in [9.17, 15) is 19.7 Å².